The maximum Gasteiger partial charge on any atom is 0.0558 e. The molecular formula is C8H22N2O3. The molecule has 0 unspecified atom stereocenters. The molecule has 0 heterocycles. The molecule has 0 aromatic carbocycles. The van der Waals surface area contributed by atoms with Crippen LogP contribution in [0.4, 0.5) is 0 Å². The summed E-state index contributed by atoms with van der Waals surface area (Å²) in [7, 11) is 3.85. The average Bonchev–Trinajstić information content (AvgIpc) is 2.06. The van der Waals surface area contributed by atoms with Gasteiger partial charge in [-0.1, -0.05) is 0 Å². The zero-order chi connectivity index (χ0) is 10.5. The first-order valence-electron chi connectivity index (χ1n) is 4.37. The maximum absolute atomic E-state index is 8.20. The smallest absolute Gasteiger partial charge is 0.0558 e. The molecule has 0 radical (unpaired) electrons. The van der Waals surface area contributed by atoms with Crippen LogP contribution >= 0.6 is 0 Å². The Balaban J connectivity index is 0. The predicted octanol–water partition coefficient (Wildman–Crippen LogP) is -1.90. The second-order valence-electron chi connectivity index (χ2n) is 2.72. The third-order valence-electron chi connectivity index (χ3n) is 1.12. The topological polar surface area (TPSA) is 76.0 Å². The van der Waals surface area contributed by atoms with Crippen molar-refractivity contribution in [2.24, 2.45) is 0 Å². The molecule has 0 aromatic rings. The highest BCUT2D eigenvalue weighted by molar-refractivity contribution is 4.39. The van der Waals surface area contributed by atoms with E-state index in [1.165, 1.54) is 0 Å². The van der Waals surface area contributed by atoms with E-state index in [1.807, 2.05) is 19.0 Å². The van der Waals surface area contributed by atoms with Gasteiger partial charge in [0.15, 0.2) is 0 Å². The molecule has 0 aromatic heterocycles. The molecule has 0 aliphatic heterocycles. The van der Waals surface area contributed by atoms with Crippen LogP contribution in [0.3, 0.4) is 0 Å². The SMILES string of the molecule is CN(C)CCO.OCCNCCO. The van der Waals surface area contributed by atoms with Gasteiger partial charge in [-0.2, -0.15) is 0 Å². The summed E-state index contributed by atoms with van der Waals surface area (Å²) in [5.74, 6) is 0. The molecule has 5 nitrogen and oxygen atoms in total. The fourth-order valence-electron chi connectivity index (χ4n) is 0.483. The number of aliphatic hydroxyl groups is 3. The van der Waals surface area contributed by atoms with Crippen LogP contribution in [0.25, 0.3) is 0 Å². The third-order valence-corrected chi connectivity index (χ3v) is 1.12. The molecule has 0 saturated heterocycles. The molecule has 82 valence electrons. The Hall–Kier alpha value is -0.200. The number of rotatable bonds is 6. The summed E-state index contributed by atoms with van der Waals surface area (Å²) < 4.78 is 0. The normalized spacial score (nSPS) is 9.69. The Bertz CT molecular complexity index is 77.8. The lowest BCUT2D eigenvalue weighted by atomic mass is 10.6. The van der Waals surface area contributed by atoms with Crippen molar-refractivity contribution in [2.45, 2.75) is 0 Å². The predicted molar refractivity (Wildman–Crippen MR) is 52.7 cm³/mol. The van der Waals surface area contributed by atoms with Gasteiger partial charge in [-0.05, 0) is 14.1 Å². The zero-order valence-corrected chi connectivity index (χ0v) is 8.53. The van der Waals surface area contributed by atoms with Crippen LogP contribution in [-0.4, -0.2) is 73.8 Å². The summed E-state index contributed by atoms with van der Waals surface area (Å²) in [4.78, 5) is 1.93. The summed E-state index contributed by atoms with van der Waals surface area (Å²) >= 11 is 0. The first kappa shape index (κ1) is 15.3. The molecule has 4 N–H and O–H groups in total. The maximum atomic E-state index is 8.20. The van der Waals surface area contributed by atoms with Crippen molar-refractivity contribution in [3.8, 4) is 0 Å². The van der Waals surface area contributed by atoms with E-state index in [0.29, 0.717) is 13.1 Å². The molecule has 0 aliphatic carbocycles. The van der Waals surface area contributed by atoms with E-state index in [0.717, 1.165) is 6.54 Å². The van der Waals surface area contributed by atoms with Gasteiger partial charge in [0.25, 0.3) is 0 Å². The summed E-state index contributed by atoms with van der Waals surface area (Å²) in [5.41, 5.74) is 0. The lowest BCUT2D eigenvalue weighted by Crippen LogP contribution is -2.21. The monoisotopic (exact) mass is 194 g/mol. The van der Waals surface area contributed by atoms with Crippen molar-refractivity contribution >= 4 is 0 Å². The molecule has 0 amide bonds. The van der Waals surface area contributed by atoms with Gasteiger partial charge in [-0.3, -0.25) is 0 Å². The van der Waals surface area contributed by atoms with E-state index in [2.05, 4.69) is 5.32 Å². The summed E-state index contributed by atoms with van der Waals surface area (Å²) in [6.07, 6.45) is 0. The zero-order valence-electron chi connectivity index (χ0n) is 8.53. The quantitative estimate of drug-likeness (QED) is 0.372. The van der Waals surface area contributed by atoms with E-state index < -0.39 is 0 Å². The van der Waals surface area contributed by atoms with Crippen molar-refractivity contribution in [3.05, 3.63) is 0 Å². The lowest BCUT2D eigenvalue weighted by molar-refractivity contribution is 0.243. The Morgan fingerprint density at radius 1 is 0.923 bits per heavy atom. The van der Waals surface area contributed by atoms with Gasteiger partial charge in [0.1, 0.15) is 0 Å². The minimum atomic E-state index is 0.139. The molecular weight excluding hydrogens is 172 g/mol. The summed E-state index contributed by atoms with van der Waals surface area (Å²) in [5, 5.41) is 27.3. The van der Waals surface area contributed by atoms with Gasteiger partial charge in [0, 0.05) is 19.6 Å². The van der Waals surface area contributed by atoms with Crippen LogP contribution in [0, 0.1) is 0 Å². The molecule has 0 rings (SSSR count). The van der Waals surface area contributed by atoms with E-state index in [-0.39, 0.29) is 19.8 Å². The molecule has 0 atom stereocenters. The largest absolute Gasteiger partial charge is 0.395 e. The third kappa shape index (κ3) is 24.5. The van der Waals surface area contributed by atoms with Crippen LogP contribution in [0.2, 0.25) is 0 Å². The average molecular weight is 194 g/mol. The fraction of sp³-hybridized carbons (Fsp3) is 1.00. The highest BCUT2D eigenvalue weighted by Gasteiger charge is 1.80. The van der Waals surface area contributed by atoms with Crippen molar-refractivity contribution < 1.29 is 15.3 Å². The highest BCUT2D eigenvalue weighted by Crippen LogP contribution is 1.66. The van der Waals surface area contributed by atoms with Gasteiger partial charge in [0.2, 0.25) is 0 Å². The van der Waals surface area contributed by atoms with Gasteiger partial charge in [-0.25, -0.2) is 0 Å². The minimum Gasteiger partial charge on any atom is -0.395 e. The van der Waals surface area contributed by atoms with E-state index in [4.69, 9.17) is 15.3 Å². The molecule has 0 spiro atoms. The molecule has 0 aliphatic rings. The summed E-state index contributed by atoms with van der Waals surface area (Å²) in [6, 6.07) is 0. The van der Waals surface area contributed by atoms with E-state index in [1.54, 1.807) is 0 Å². The Kier molecular flexibility index (Phi) is 16.8. The van der Waals surface area contributed by atoms with Gasteiger partial charge < -0.3 is 25.5 Å². The van der Waals surface area contributed by atoms with Crippen molar-refractivity contribution in [1.29, 1.82) is 0 Å². The van der Waals surface area contributed by atoms with Crippen LogP contribution in [-0.2, 0) is 0 Å². The van der Waals surface area contributed by atoms with Crippen molar-refractivity contribution in [2.75, 3.05) is 53.6 Å². The Labute approximate surface area is 80.0 Å². The molecule has 0 fully saturated rings. The van der Waals surface area contributed by atoms with Crippen LogP contribution < -0.4 is 5.32 Å². The van der Waals surface area contributed by atoms with Crippen LogP contribution in [0.1, 0.15) is 0 Å². The highest BCUT2D eigenvalue weighted by atomic mass is 16.3. The molecule has 5 heteroatoms. The second kappa shape index (κ2) is 14.3. The number of hydrogen-bond acceptors (Lipinski definition) is 5. The Morgan fingerprint density at radius 3 is 1.54 bits per heavy atom. The Morgan fingerprint density at radius 2 is 1.38 bits per heavy atom. The molecule has 13 heavy (non-hydrogen) atoms. The molecule has 0 saturated carbocycles. The van der Waals surface area contributed by atoms with Crippen LogP contribution in [0.5, 0.6) is 0 Å². The van der Waals surface area contributed by atoms with E-state index in [9.17, 15) is 0 Å². The number of nitrogens with one attached hydrogen (secondary N) is 1. The van der Waals surface area contributed by atoms with Crippen molar-refractivity contribution in [3.63, 3.8) is 0 Å². The van der Waals surface area contributed by atoms with E-state index >= 15 is 0 Å². The first-order chi connectivity index (χ1) is 6.18. The van der Waals surface area contributed by atoms with Gasteiger partial charge >= 0.3 is 0 Å². The standard InChI is InChI=1S/C4H11NO2.C4H11NO/c6-3-1-5-2-4-7;1-5(2)3-4-6/h5-7H,1-4H2;6H,3-4H2,1-2H3. The fourth-order valence-corrected chi connectivity index (χ4v) is 0.483. The number of nitrogens with zero attached hydrogens (tertiary/aromatic N) is 1. The van der Waals surface area contributed by atoms with Crippen LogP contribution in [0.15, 0.2) is 0 Å². The number of likely N-dealkylation sites (N-methyl/N-ethyl adjacent to an activating group) is 1. The number of aliphatic hydroxyl groups excluding tert-OH is 3. The summed E-state index contributed by atoms with van der Waals surface area (Å²) in [6.45, 7) is 2.44. The second-order valence-corrected chi connectivity index (χ2v) is 2.72. The minimum absolute atomic E-state index is 0.139. The number of hydrogen-bond donors (Lipinski definition) is 4. The lowest BCUT2D eigenvalue weighted by Gasteiger charge is -2.03. The van der Waals surface area contributed by atoms with Gasteiger partial charge in [0.05, 0.1) is 19.8 Å². The molecule has 0 bridgehead atoms. The van der Waals surface area contributed by atoms with Gasteiger partial charge in [-0.15, -0.1) is 0 Å². The van der Waals surface area contributed by atoms with Crippen molar-refractivity contribution in [1.82, 2.24) is 10.2 Å². The first-order valence-corrected chi connectivity index (χ1v) is 4.37.